The Balaban J connectivity index is 2.08. The van der Waals surface area contributed by atoms with Crippen LogP contribution in [0.15, 0.2) is 35.2 Å². The summed E-state index contributed by atoms with van der Waals surface area (Å²) in [6.45, 7) is 13.0. The van der Waals surface area contributed by atoms with Crippen LogP contribution in [0.4, 0.5) is 0 Å². The monoisotopic (exact) mass is 336 g/mol. The number of hydrogen-bond donors (Lipinski definition) is 2. The zero-order chi connectivity index (χ0) is 16.5. The zero-order valence-electron chi connectivity index (χ0n) is 14.1. The molecular weight excluding hydrogens is 308 g/mol. The van der Waals surface area contributed by atoms with E-state index in [-0.39, 0.29) is 6.10 Å². The lowest BCUT2D eigenvalue weighted by molar-refractivity contribution is -0.0327. The summed E-state index contributed by atoms with van der Waals surface area (Å²) in [5, 5.41) is 8.68. The predicted octanol–water partition coefficient (Wildman–Crippen LogP) is 2.25. The molecule has 23 heavy (non-hydrogen) atoms. The van der Waals surface area contributed by atoms with Crippen molar-refractivity contribution in [1.82, 2.24) is 15.5 Å². The molecule has 0 spiro atoms. The molecule has 5 nitrogen and oxygen atoms in total. The summed E-state index contributed by atoms with van der Waals surface area (Å²) in [5.74, 6) is 0.843. The molecule has 128 valence electrons. The third-order valence-electron chi connectivity index (χ3n) is 3.77. The first-order valence-electron chi connectivity index (χ1n) is 8.26. The maximum atomic E-state index is 5.68. The lowest BCUT2D eigenvalue weighted by Gasteiger charge is -2.36. The molecular formula is C17H28N4OS. The number of aliphatic imine (C=N–C) groups is 1. The van der Waals surface area contributed by atoms with E-state index in [0.717, 1.165) is 38.7 Å². The van der Waals surface area contributed by atoms with Crippen LogP contribution in [0.25, 0.3) is 0 Å². The highest BCUT2D eigenvalue weighted by atomic mass is 32.1. The van der Waals surface area contributed by atoms with Crippen LogP contribution in [0.5, 0.6) is 0 Å². The van der Waals surface area contributed by atoms with Gasteiger partial charge in [-0.05, 0) is 25.3 Å². The highest BCUT2D eigenvalue weighted by molar-refractivity contribution is 7.10. The minimum absolute atomic E-state index is 0.280. The van der Waals surface area contributed by atoms with Crippen LogP contribution in [0.1, 0.15) is 24.8 Å². The average molecular weight is 337 g/mol. The van der Waals surface area contributed by atoms with Crippen molar-refractivity contribution in [3.63, 3.8) is 0 Å². The van der Waals surface area contributed by atoms with Gasteiger partial charge in [-0.1, -0.05) is 12.1 Å². The summed E-state index contributed by atoms with van der Waals surface area (Å²) in [4.78, 5) is 8.63. The van der Waals surface area contributed by atoms with E-state index in [2.05, 4.69) is 53.5 Å². The molecule has 0 saturated carbocycles. The summed E-state index contributed by atoms with van der Waals surface area (Å²) in [6, 6.07) is 4.62. The van der Waals surface area contributed by atoms with E-state index in [1.54, 1.807) is 11.3 Å². The van der Waals surface area contributed by atoms with Crippen molar-refractivity contribution in [3.05, 3.63) is 35.0 Å². The van der Waals surface area contributed by atoms with Crippen LogP contribution in [0, 0.1) is 0 Å². The van der Waals surface area contributed by atoms with E-state index in [4.69, 9.17) is 9.73 Å². The van der Waals surface area contributed by atoms with Gasteiger partial charge in [0.05, 0.1) is 25.3 Å². The molecule has 1 aromatic rings. The Morgan fingerprint density at radius 3 is 3.13 bits per heavy atom. The van der Waals surface area contributed by atoms with E-state index < -0.39 is 0 Å². The van der Waals surface area contributed by atoms with E-state index in [1.165, 1.54) is 4.88 Å². The molecule has 1 aromatic heterocycles. The molecule has 2 rings (SSSR count). The van der Waals surface area contributed by atoms with E-state index in [1.807, 2.05) is 6.08 Å². The third kappa shape index (κ3) is 5.64. The van der Waals surface area contributed by atoms with Gasteiger partial charge in [-0.2, -0.15) is 0 Å². The molecule has 1 aliphatic rings. The van der Waals surface area contributed by atoms with E-state index in [9.17, 15) is 0 Å². The summed E-state index contributed by atoms with van der Waals surface area (Å²) in [5.41, 5.74) is 0. The highest BCUT2D eigenvalue weighted by Crippen LogP contribution is 2.27. The lowest BCUT2D eigenvalue weighted by atomic mass is 10.1. The van der Waals surface area contributed by atoms with Crippen LogP contribution in [0.2, 0.25) is 0 Å². The Hall–Kier alpha value is -1.37. The van der Waals surface area contributed by atoms with Gasteiger partial charge in [0.15, 0.2) is 5.96 Å². The fraction of sp³-hybridized carbons (Fsp3) is 0.588. The maximum Gasteiger partial charge on any atom is 0.191 e. The minimum Gasteiger partial charge on any atom is -0.376 e. The van der Waals surface area contributed by atoms with Crippen LogP contribution in [-0.2, 0) is 4.74 Å². The van der Waals surface area contributed by atoms with Crippen molar-refractivity contribution in [2.24, 2.45) is 4.99 Å². The Morgan fingerprint density at radius 2 is 2.48 bits per heavy atom. The Morgan fingerprint density at radius 1 is 1.61 bits per heavy atom. The second-order valence-electron chi connectivity index (χ2n) is 5.60. The Labute approximate surface area is 143 Å². The number of nitrogens with one attached hydrogen (secondary N) is 2. The molecule has 2 N–H and O–H groups in total. The molecule has 6 heteroatoms. The molecule has 2 atom stereocenters. The van der Waals surface area contributed by atoms with Gasteiger partial charge in [-0.15, -0.1) is 17.9 Å². The number of morpholine rings is 1. The number of ether oxygens (including phenoxy) is 1. The number of rotatable bonds is 7. The highest BCUT2D eigenvalue weighted by Gasteiger charge is 2.26. The van der Waals surface area contributed by atoms with Crippen molar-refractivity contribution < 1.29 is 4.74 Å². The smallest absolute Gasteiger partial charge is 0.191 e. The summed E-state index contributed by atoms with van der Waals surface area (Å²) in [7, 11) is 0. The van der Waals surface area contributed by atoms with Crippen LogP contribution >= 0.6 is 11.3 Å². The standard InChI is InChI=1S/C17H28N4OS/c1-4-8-19-17(18-5-2)20-12-15(16-7-6-11-23-16)21-9-10-22-14(3)13-21/h4,6-7,11,14-15H,1,5,8-10,12-13H2,2-3H3,(H2,18,19,20). The molecule has 1 aliphatic heterocycles. The first-order chi connectivity index (χ1) is 11.2. The van der Waals surface area contributed by atoms with E-state index >= 15 is 0 Å². The number of thiophene rings is 1. The van der Waals surface area contributed by atoms with Crippen molar-refractivity contribution in [1.29, 1.82) is 0 Å². The fourth-order valence-corrected chi connectivity index (χ4v) is 3.54. The molecule has 1 saturated heterocycles. The minimum atomic E-state index is 0.280. The number of guanidine groups is 1. The molecule has 0 aromatic carbocycles. The van der Waals surface area contributed by atoms with Gasteiger partial charge in [0.2, 0.25) is 0 Å². The van der Waals surface area contributed by atoms with Crippen LogP contribution in [0.3, 0.4) is 0 Å². The maximum absolute atomic E-state index is 5.68. The van der Waals surface area contributed by atoms with E-state index in [0.29, 0.717) is 12.6 Å². The van der Waals surface area contributed by atoms with Gasteiger partial charge in [0.1, 0.15) is 0 Å². The predicted molar refractivity (Wildman–Crippen MR) is 98.2 cm³/mol. The molecule has 0 bridgehead atoms. The summed E-state index contributed by atoms with van der Waals surface area (Å²) >= 11 is 1.80. The van der Waals surface area contributed by atoms with Gasteiger partial charge < -0.3 is 15.4 Å². The third-order valence-corrected chi connectivity index (χ3v) is 4.74. The second-order valence-corrected chi connectivity index (χ2v) is 6.58. The average Bonchev–Trinajstić information content (AvgIpc) is 3.07. The molecule has 0 radical (unpaired) electrons. The van der Waals surface area contributed by atoms with Crippen LogP contribution in [-0.4, -0.2) is 56.3 Å². The first-order valence-corrected chi connectivity index (χ1v) is 9.14. The zero-order valence-corrected chi connectivity index (χ0v) is 14.9. The first kappa shape index (κ1) is 18.0. The van der Waals surface area contributed by atoms with Crippen molar-refractivity contribution in [2.75, 3.05) is 39.3 Å². The molecule has 0 amide bonds. The van der Waals surface area contributed by atoms with Gasteiger partial charge in [0, 0.05) is 31.1 Å². The summed E-state index contributed by atoms with van der Waals surface area (Å²) in [6.07, 6.45) is 2.12. The van der Waals surface area contributed by atoms with Gasteiger partial charge >= 0.3 is 0 Å². The lowest BCUT2D eigenvalue weighted by Crippen LogP contribution is -2.44. The Kier molecular flexibility index (Phi) is 7.58. The van der Waals surface area contributed by atoms with Gasteiger partial charge in [-0.25, -0.2) is 0 Å². The quantitative estimate of drug-likeness (QED) is 0.455. The van der Waals surface area contributed by atoms with Crippen molar-refractivity contribution in [3.8, 4) is 0 Å². The largest absolute Gasteiger partial charge is 0.376 e. The molecule has 2 heterocycles. The Bertz CT molecular complexity index is 489. The fourth-order valence-electron chi connectivity index (χ4n) is 2.68. The van der Waals surface area contributed by atoms with Gasteiger partial charge in [0.25, 0.3) is 0 Å². The topological polar surface area (TPSA) is 48.9 Å². The van der Waals surface area contributed by atoms with Crippen LogP contribution < -0.4 is 10.6 Å². The second kappa shape index (κ2) is 9.70. The summed E-state index contributed by atoms with van der Waals surface area (Å²) < 4.78 is 5.68. The number of nitrogens with zero attached hydrogens (tertiary/aromatic N) is 2. The molecule has 1 fully saturated rings. The molecule has 0 aliphatic carbocycles. The van der Waals surface area contributed by atoms with Gasteiger partial charge in [-0.3, -0.25) is 9.89 Å². The normalized spacial score (nSPS) is 21.0. The number of hydrogen-bond acceptors (Lipinski definition) is 4. The molecule has 2 unspecified atom stereocenters. The SMILES string of the molecule is C=CCNC(=NCC(c1cccs1)N1CCOC(C)C1)NCC. The van der Waals surface area contributed by atoms with Crippen molar-refractivity contribution in [2.45, 2.75) is 26.0 Å². The van der Waals surface area contributed by atoms with Crippen molar-refractivity contribution >= 4 is 17.3 Å².